The van der Waals surface area contributed by atoms with Gasteiger partial charge in [-0.2, -0.15) is 0 Å². The second kappa shape index (κ2) is 8.76. The van der Waals surface area contributed by atoms with Crippen LogP contribution in [0.2, 0.25) is 0 Å². The zero-order valence-electron chi connectivity index (χ0n) is 15.4. The largest absolute Gasteiger partial charge is 0.497 e. The highest BCUT2D eigenvalue weighted by atomic mass is 16.5. The molecule has 1 saturated heterocycles. The summed E-state index contributed by atoms with van der Waals surface area (Å²) in [5, 5.41) is 0. The summed E-state index contributed by atoms with van der Waals surface area (Å²) in [4.78, 5) is 23.1. The van der Waals surface area contributed by atoms with Crippen LogP contribution in [0.25, 0.3) is 0 Å². The topological polar surface area (TPSA) is 64.6 Å². The van der Waals surface area contributed by atoms with Crippen LogP contribution in [0.15, 0.2) is 36.8 Å². The third-order valence-corrected chi connectivity index (χ3v) is 4.71. The molecule has 0 N–H and O–H groups in total. The van der Waals surface area contributed by atoms with Gasteiger partial charge in [-0.25, -0.2) is 9.97 Å². The summed E-state index contributed by atoms with van der Waals surface area (Å²) in [5.41, 5.74) is 2.42. The Bertz CT molecular complexity index is 727. The molecule has 1 aromatic heterocycles. The Morgan fingerprint density at radius 1 is 1.35 bits per heavy atom. The number of hydrogen-bond acceptors (Lipinski definition) is 5. The quantitative estimate of drug-likeness (QED) is 0.764. The first-order chi connectivity index (χ1) is 12.7. The molecule has 2 heterocycles. The smallest absolute Gasteiger partial charge is 0.257 e. The molecule has 6 nitrogen and oxygen atoms in total. The maximum Gasteiger partial charge on any atom is 0.257 e. The van der Waals surface area contributed by atoms with E-state index in [1.807, 2.05) is 36.1 Å². The summed E-state index contributed by atoms with van der Waals surface area (Å²) in [5.74, 6) is 0.796. The van der Waals surface area contributed by atoms with Crippen molar-refractivity contribution in [1.29, 1.82) is 0 Å². The van der Waals surface area contributed by atoms with E-state index in [4.69, 9.17) is 9.47 Å². The Morgan fingerprint density at radius 3 is 2.81 bits per heavy atom. The van der Waals surface area contributed by atoms with Gasteiger partial charge in [-0.1, -0.05) is 12.1 Å². The van der Waals surface area contributed by atoms with Gasteiger partial charge in [0.15, 0.2) is 0 Å². The van der Waals surface area contributed by atoms with Crippen molar-refractivity contribution < 1.29 is 14.3 Å². The third kappa shape index (κ3) is 4.58. The summed E-state index contributed by atoms with van der Waals surface area (Å²) in [6.07, 6.45) is 6.00. The molecular weight excluding hydrogens is 330 g/mol. The molecule has 0 radical (unpaired) electrons. The van der Waals surface area contributed by atoms with Crippen molar-refractivity contribution in [3.05, 3.63) is 53.6 Å². The van der Waals surface area contributed by atoms with Crippen LogP contribution in [-0.4, -0.2) is 53.7 Å². The Kier molecular flexibility index (Phi) is 6.17. The number of nitrogens with zero attached hydrogens (tertiary/aromatic N) is 3. The number of methoxy groups -OCH3 is 1. The third-order valence-electron chi connectivity index (χ3n) is 4.71. The number of ether oxygens (including phenoxy) is 2. The maximum absolute atomic E-state index is 13.0. The van der Waals surface area contributed by atoms with E-state index >= 15 is 0 Å². The molecule has 138 valence electrons. The van der Waals surface area contributed by atoms with Crippen LogP contribution in [-0.2, 0) is 11.2 Å². The highest BCUT2D eigenvalue weighted by Gasteiger charge is 2.24. The molecule has 3 rings (SSSR count). The highest BCUT2D eigenvalue weighted by molar-refractivity contribution is 5.94. The molecule has 0 aliphatic carbocycles. The number of carbonyl (C=O) groups is 1. The fourth-order valence-electron chi connectivity index (χ4n) is 3.14. The predicted octanol–water partition coefficient (Wildman–Crippen LogP) is 2.66. The van der Waals surface area contributed by atoms with Crippen molar-refractivity contribution in [2.75, 3.05) is 26.8 Å². The standard InChI is InChI=1S/C20H25N3O3/c1-15-19(12-21-14-22-15)20(24)23(13-18-4-3-11-26-18)10-9-16-5-7-17(25-2)8-6-16/h5-8,12,14,18H,3-4,9-11,13H2,1-2H3. The van der Waals surface area contributed by atoms with Crippen LogP contribution >= 0.6 is 0 Å². The number of aromatic nitrogens is 2. The Morgan fingerprint density at radius 2 is 2.15 bits per heavy atom. The van der Waals surface area contributed by atoms with E-state index in [1.165, 1.54) is 6.33 Å². The first kappa shape index (κ1) is 18.3. The summed E-state index contributed by atoms with van der Waals surface area (Å²) < 4.78 is 10.9. The Labute approximate surface area is 154 Å². The molecule has 1 unspecified atom stereocenters. The number of hydrogen-bond donors (Lipinski definition) is 0. The van der Waals surface area contributed by atoms with Crippen LogP contribution in [0.4, 0.5) is 0 Å². The molecular formula is C20H25N3O3. The van der Waals surface area contributed by atoms with Gasteiger partial charge in [0.25, 0.3) is 5.91 Å². The van der Waals surface area contributed by atoms with Crippen molar-refractivity contribution in [2.24, 2.45) is 0 Å². The van der Waals surface area contributed by atoms with E-state index in [0.717, 1.165) is 37.2 Å². The van der Waals surface area contributed by atoms with Crippen LogP contribution in [0, 0.1) is 6.92 Å². The first-order valence-corrected chi connectivity index (χ1v) is 8.98. The van der Waals surface area contributed by atoms with Gasteiger partial charge in [-0.15, -0.1) is 0 Å². The van der Waals surface area contributed by atoms with Gasteiger partial charge < -0.3 is 14.4 Å². The molecule has 6 heteroatoms. The molecule has 0 bridgehead atoms. The zero-order chi connectivity index (χ0) is 18.4. The van der Waals surface area contributed by atoms with Gasteiger partial charge in [-0.3, -0.25) is 4.79 Å². The molecule has 0 spiro atoms. The minimum Gasteiger partial charge on any atom is -0.497 e. The van der Waals surface area contributed by atoms with Crippen molar-refractivity contribution in [2.45, 2.75) is 32.3 Å². The van der Waals surface area contributed by atoms with E-state index in [2.05, 4.69) is 9.97 Å². The van der Waals surface area contributed by atoms with Crippen molar-refractivity contribution in [3.8, 4) is 5.75 Å². The summed E-state index contributed by atoms with van der Waals surface area (Å²) in [6, 6.07) is 7.95. The second-order valence-corrected chi connectivity index (χ2v) is 6.51. The number of aryl methyl sites for hydroxylation is 1. The van der Waals surface area contributed by atoms with E-state index in [1.54, 1.807) is 13.3 Å². The van der Waals surface area contributed by atoms with Crippen LogP contribution in [0.1, 0.15) is 34.5 Å². The SMILES string of the molecule is COc1ccc(CCN(CC2CCCO2)C(=O)c2cncnc2C)cc1. The maximum atomic E-state index is 13.0. The lowest BCUT2D eigenvalue weighted by Crippen LogP contribution is -2.39. The zero-order valence-corrected chi connectivity index (χ0v) is 15.4. The average Bonchev–Trinajstić information content (AvgIpc) is 3.18. The number of benzene rings is 1. The van der Waals surface area contributed by atoms with Crippen molar-refractivity contribution >= 4 is 5.91 Å². The van der Waals surface area contributed by atoms with E-state index < -0.39 is 0 Å². The average molecular weight is 355 g/mol. The van der Waals surface area contributed by atoms with Gasteiger partial charge in [0, 0.05) is 25.9 Å². The normalized spacial score (nSPS) is 16.5. The lowest BCUT2D eigenvalue weighted by Gasteiger charge is -2.26. The molecule has 1 fully saturated rings. The predicted molar refractivity (Wildman–Crippen MR) is 98.3 cm³/mol. The van der Waals surface area contributed by atoms with Crippen molar-refractivity contribution in [3.63, 3.8) is 0 Å². The lowest BCUT2D eigenvalue weighted by atomic mass is 10.1. The van der Waals surface area contributed by atoms with Crippen molar-refractivity contribution in [1.82, 2.24) is 14.9 Å². The second-order valence-electron chi connectivity index (χ2n) is 6.51. The number of amides is 1. The van der Waals surface area contributed by atoms with Gasteiger partial charge in [0.1, 0.15) is 12.1 Å². The fraction of sp³-hybridized carbons (Fsp3) is 0.450. The highest BCUT2D eigenvalue weighted by Crippen LogP contribution is 2.17. The van der Waals surface area contributed by atoms with Crippen LogP contribution in [0.5, 0.6) is 5.75 Å². The summed E-state index contributed by atoms with van der Waals surface area (Å²) >= 11 is 0. The summed E-state index contributed by atoms with van der Waals surface area (Å²) in [6.45, 7) is 3.84. The molecule has 0 saturated carbocycles. The van der Waals surface area contributed by atoms with Crippen LogP contribution < -0.4 is 4.74 Å². The van der Waals surface area contributed by atoms with Gasteiger partial charge in [0.2, 0.25) is 0 Å². The fourth-order valence-corrected chi connectivity index (χ4v) is 3.14. The lowest BCUT2D eigenvalue weighted by molar-refractivity contribution is 0.0527. The molecule has 1 aliphatic rings. The minimum absolute atomic E-state index is 0.0351. The van der Waals surface area contributed by atoms with Gasteiger partial charge in [0.05, 0.1) is 24.5 Å². The first-order valence-electron chi connectivity index (χ1n) is 8.98. The molecule has 1 aliphatic heterocycles. The summed E-state index contributed by atoms with van der Waals surface area (Å²) in [7, 11) is 1.65. The molecule has 1 amide bonds. The Balaban J connectivity index is 1.71. The Hall–Kier alpha value is -2.47. The monoisotopic (exact) mass is 355 g/mol. The molecule has 26 heavy (non-hydrogen) atoms. The van der Waals surface area contributed by atoms with Gasteiger partial charge in [-0.05, 0) is 43.9 Å². The van der Waals surface area contributed by atoms with E-state index in [-0.39, 0.29) is 12.0 Å². The van der Waals surface area contributed by atoms with E-state index in [0.29, 0.717) is 24.3 Å². The van der Waals surface area contributed by atoms with Gasteiger partial charge >= 0.3 is 0 Å². The number of rotatable bonds is 7. The molecule has 1 atom stereocenters. The molecule has 2 aromatic rings. The van der Waals surface area contributed by atoms with Crippen LogP contribution in [0.3, 0.4) is 0 Å². The number of carbonyl (C=O) groups excluding carboxylic acids is 1. The molecule has 1 aromatic carbocycles. The minimum atomic E-state index is -0.0351. The van der Waals surface area contributed by atoms with E-state index in [9.17, 15) is 4.79 Å².